The van der Waals surface area contributed by atoms with Gasteiger partial charge in [-0.2, -0.15) is 5.10 Å². The van der Waals surface area contributed by atoms with Gasteiger partial charge in [-0.3, -0.25) is 10.5 Å². The average molecular weight is 394 g/mol. The molecule has 1 aromatic carbocycles. The molecule has 3 N–H and O–H groups in total. The van der Waals surface area contributed by atoms with E-state index in [1.807, 2.05) is 25.2 Å². The second kappa shape index (κ2) is 5.71. The van der Waals surface area contributed by atoms with Crippen molar-refractivity contribution in [3.05, 3.63) is 49.6 Å². The van der Waals surface area contributed by atoms with Crippen LogP contribution in [0.25, 0.3) is 0 Å². The van der Waals surface area contributed by atoms with E-state index in [-0.39, 0.29) is 6.04 Å². The maximum atomic E-state index is 6.06. The SMILES string of the molecule is Cn1ncc(Br)c1C(NN)c1cc(Cl)cc(Br)c1. The minimum Gasteiger partial charge on any atom is -0.271 e. The van der Waals surface area contributed by atoms with Gasteiger partial charge in [0.2, 0.25) is 0 Å². The Morgan fingerprint density at radius 2 is 2.11 bits per heavy atom. The first-order valence-corrected chi connectivity index (χ1v) is 7.09. The molecular weight excluding hydrogens is 383 g/mol. The highest BCUT2D eigenvalue weighted by Crippen LogP contribution is 2.30. The van der Waals surface area contributed by atoms with Gasteiger partial charge < -0.3 is 0 Å². The van der Waals surface area contributed by atoms with Crippen LogP contribution in [0.2, 0.25) is 5.02 Å². The molecule has 0 fully saturated rings. The Labute approximate surface area is 127 Å². The molecule has 2 aromatic rings. The molecule has 1 heterocycles. The quantitative estimate of drug-likeness (QED) is 0.621. The zero-order valence-corrected chi connectivity index (χ0v) is 13.4. The van der Waals surface area contributed by atoms with Crippen molar-refractivity contribution in [2.75, 3.05) is 0 Å². The van der Waals surface area contributed by atoms with E-state index in [9.17, 15) is 0 Å². The summed E-state index contributed by atoms with van der Waals surface area (Å²) in [6.45, 7) is 0. The fourth-order valence-electron chi connectivity index (χ4n) is 1.82. The molecule has 0 aliphatic heterocycles. The Hall–Kier alpha value is -0.400. The number of hydrogen-bond donors (Lipinski definition) is 2. The standard InChI is InChI=1S/C11H11Br2ClN4/c1-18-11(9(13)5-16-18)10(17-15)6-2-7(12)4-8(14)3-6/h2-5,10,17H,15H2,1H3. The summed E-state index contributed by atoms with van der Waals surface area (Å²) in [6, 6.07) is 5.48. The highest BCUT2D eigenvalue weighted by atomic mass is 79.9. The van der Waals surface area contributed by atoms with Gasteiger partial charge in [0.25, 0.3) is 0 Å². The Kier molecular flexibility index (Phi) is 4.45. The van der Waals surface area contributed by atoms with Crippen molar-refractivity contribution in [3.8, 4) is 0 Å². The van der Waals surface area contributed by atoms with Crippen molar-refractivity contribution in [2.24, 2.45) is 12.9 Å². The minimum absolute atomic E-state index is 0.193. The molecule has 0 bridgehead atoms. The number of aromatic nitrogens is 2. The van der Waals surface area contributed by atoms with Gasteiger partial charge in [0.05, 0.1) is 22.4 Å². The molecule has 1 aromatic heterocycles. The summed E-state index contributed by atoms with van der Waals surface area (Å²) in [7, 11) is 1.87. The summed E-state index contributed by atoms with van der Waals surface area (Å²) in [5, 5.41) is 4.84. The van der Waals surface area contributed by atoms with Gasteiger partial charge in [0.15, 0.2) is 0 Å². The molecule has 0 saturated heterocycles. The van der Waals surface area contributed by atoms with Gasteiger partial charge in [0, 0.05) is 16.5 Å². The molecule has 7 heteroatoms. The number of nitrogens with two attached hydrogens (primary N) is 1. The lowest BCUT2D eigenvalue weighted by Gasteiger charge is -2.18. The lowest BCUT2D eigenvalue weighted by molar-refractivity contribution is 0.573. The topological polar surface area (TPSA) is 55.9 Å². The second-order valence-corrected chi connectivity index (χ2v) is 6.01. The normalized spacial score (nSPS) is 12.7. The molecule has 4 nitrogen and oxygen atoms in total. The predicted molar refractivity (Wildman–Crippen MR) is 79.2 cm³/mol. The van der Waals surface area contributed by atoms with E-state index in [4.69, 9.17) is 17.4 Å². The van der Waals surface area contributed by atoms with Crippen LogP contribution in [0.1, 0.15) is 17.3 Å². The largest absolute Gasteiger partial charge is 0.271 e. The molecule has 2 rings (SSSR count). The number of aryl methyl sites for hydroxylation is 1. The second-order valence-electron chi connectivity index (χ2n) is 3.80. The summed E-state index contributed by atoms with van der Waals surface area (Å²) in [5.41, 5.74) is 4.68. The van der Waals surface area contributed by atoms with Gasteiger partial charge >= 0.3 is 0 Å². The fraction of sp³-hybridized carbons (Fsp3) is 0.182. The molecule has 0 spiro atoms. The number of benzene rings is 1. The molecule has 96 valence electrons. The highest BCUT2D eigenvalue weighted by Gasteiger charge is 2.20. The molecule has 1 unspecified atom stereocenters. The molecule has 18 heavy (non-hydrogen) atoms. The third-order valence-electron chi connectivity index (χ3n) is 2.60. The molecular formula is C11H11Br2ClN4. The van der Waals surface area contributed by atoms with Crippen LogP contribution < -0.4 is 11.3 Å². The van der Waals surface area contributed by atoms with Crippen LogP contribution in [-0.4, -0.2) is 9.78 Å². The first-order chi connectivity index (χ1) is 8.52. The smallest absolute Gasteiger partial charge is 0.0890 e. The van der Waals surface area contributed by atoms with E-state index in [1.165, 1.54) is 0 Å². The van der Waals surface area contributed by atoms with E-state index in [0.717, 1.165) is 20.2 Å². The minimum atomic E-state index is -0.193. The molecule has 0 aliphatic carbocycles. The lowest BCUT2D eigenvalue weighted by Crippen LogP contribution is -2.30. The average Bonchev–Trinajstić information content (AvgIpc) is 2.61. The van der Waals surface area contributed by atoms with Crippen LogP contribution in [0.4, 0.5) is 0 Å². The number of nitrogens with one attached hydrogen (secondary N) is 1. The summed E-state index contributed by atoms with van der Waals surface area (Å²) in [5.74, 6) is 5.66. The number of halogens is 3. The Balaban J connectivity index is 2.52. The van der Waals surface area contributed by atoms with Crippen molar-refractivity contribution in [3.63, 3.8) is 0 Å². The first-order valence-electron chi connectivity index (χ1n) is 5.12. The predicted octanol–water partition coefficient (Wildman–Crippen LogP) is 3.15. The molecule has 0 saturated carbocycles. The van der Waals surface area contributed by atoms with Crippen LogP contribution in [-0.2, 0) is 7.05 Å². The van der Waals surface area contributed by atoms with Crippen molar-refractivity contribution < 1.29 is 0 Å². The van der Waals surface area contributed by atoms with Gasteiger partial charge in [-0.15, -0.1) is 0 Å². The third kappa shape index (κ3) is 2.78. The first kappa shape index (κ1) is 14.0. The highest BCUT2D eigenvalue weighted by molar-refractivity contribution is 9.10. The third-order valence-corrected chi connectivity index (χ3v) is 3.88. The van der Waals surface area contributed by atoms with Crippen molar-refractivity contribution in [1.82, 2.24) is 15.2 Å². The van der Waals surface area contributed by atoms with Gasteiger partial charge in [0.1, 0.15) is 0 Å². The van der Waals surface area contributed by atoms with Gasteiger partial charge in [-0.1, -0.05) is 27.5 Å². The number of rotatable bonds is 3. The molecule has 0 aliphatic rings. The summed E-state index contributed by atoms with van der Waals surface area (Å²) >= 11 is 13.0. The van der Waals surface area contributed by atoms with E-state index in [0.29, 0.717) is 5.02 Å². The number of hydrazine groups is 1. The molecule has 1 atom stereocenters. The Morgan fingerprint density at radius 3 is 2.61 bits per heavy atom. The summed E-state index contributed by atoms with van der Waals surface area (Å²) in [6.07, 6.45) is 1.74. The lowest BCUT2D eigenvalue weighted by atomic mass is 10.0. The summed E-state index contributed by atoms with van der Waals surface area (Å²) in [4.78, 5) is 0. The zero-order valence-electron chi connectivity index (χ0n) is 9.49. The number of nitrogens with zero attached hydrogens (tertiary/aromatic N) is 2. The van der Waals surface area contributed by atoms with Gasteiger partial charge in [-0.25, -0.2) is 5.43 Å². The van der Waals surface area contributed by atoms with Gasteiger partial charge in [-0.05, 0) is 39.7 Å². The maximum Gasteiger partial charge on any atom is 0.0890 e. The van der Waals surface area contributed by atoms with Crippen LogP contribution in [0, 0.1) is 0 Å². The van der Waals surface area contributed by atoms with Crippen molar-refractivity contribution >= 4 is 43.5 Å². The van der Waals surface area contributed by atoms with Crippen LogP contribution in [0.5, 0.6) is 0 Å². The zero-order chi connectivity index (χ0) is 13.3. The van der Waals surface area contributed by atoms with Crippen molar-refractivity contribution in [1.29, 1.82) is 0 Å². The Bertz CT molecular complexity index is 530. The molecule has 0 radical (unpaired) electrons. The van der Waals surface area contributed by atoms with Crippen LogP contribution in [0.15, 0.2) is 33.3 Å². The van der Waals surface area contributed by atoms with E-state index in [1.54, 1.807) is 10.9 Å². The van der Waals surface area contributed by atoms with E-state index < -0.39 is 0 Å². The monoisotopic (exact) mass is 392 g/mol. The Morgan fingerprint density at radius 1 is 1.39 bits per heavy atom. The van der Waals surface area contributed by atoms with Crippen LogP contribution >= 0.6 is 43.5 Å². The summed E-state index contributed by atoms with van der Waals surface area (Å²) < 4.78 is 3.57. The molecule has 0 amide bonds. The number of hydrogen-bond acceptors (Lipinski definition) is 3. The van der Waals surface area contributed by atoms with E-state index in [2.05, 4.69) is 42.4 Å². The maximum absolute atomic E-state index is 6.06. The van der Waals surface area contributed by atoms with E-state index >= 15 is 0 Å². The fourth-order valence-corrected chi connectivity index (χ4v) is 3.28. The van der Waals surface area contributed by atoms with Crippen LogP contribution in [0.3, 0.4) is 0 Å². The van der Waals surface area contributed by atoms with Crippen molar-refractivity contribution in [2.45, 2.75) is 6.04 Å².